The van der Waals surface area contributed by atoms with Gasteiger partial charge < -0.3 is 10.6 Å². The number of nitrogens with zero attached hydrogens (tertiary/aromatic N) is 1. The second-order valence-electron chi connectivity index (χ2n) is 5.07. The normalized spacial score (nSPS) is 16.4. The van der Waals surface area contributed by atoms with E-state index in [-0.39, 0.29) is 5.91 Å². The van der Waals surface area contributed by atoms with Crippen LogP contribution in [0.4, 0.5) is 5.69 Å². The lowest BCUT2D eigenvalue weighted by Gasteiger charge is -2.31. The van der Waals surface area contributed by atoms with Crippen LogP contribution in [0.3, 0.4) is 0 Å². The van der Waals surface area contributed by atoms with Crippen molar-refractivity contribution in [3.8, 4) is 0 Å². The van der Waals surface area contributed by atoms with Crippen LogP contribution in [0.25, 0.3) is 0 Å². The summed E-state index contributed by atoms with van der Waals surface area (Å²) in [4.78, 5) is 14.2. The van der Waals surface area contributed by atoms with E-state index in [4.69, 9.17) is 28.9 Å². The highest BCUT2D eigenvalue weighted by Crippen LogP contribution is 2.30. The standard InChI is InChI=1S/C14H18Cl2N2O/c1-18(10-5-3-2-4-6-10)14(19)9-7-11(15)13(16)12(17)8-9/h7-8,10H,2-6,17H2,1H3. The molecular formula is C14H18Cl2N2O. The van der Waals surface area contributed by atoms with Crippen LogP contribution in [0.2, 0.25) is 10.0 Å². The van der Waals surface area contributed by atoms with Crippen LogP contribution in [0.5, 0.6) is 0 Å². The summed E-state index contributed by atoms with van der Waals surface area (Å²) in [5, 5.41) is 0.626. The third-order valence-corrected chi connectivity index (χ3v) is 4.56. The van der Waals surface area contributed by atoms with E-state index in [1.807, 2.05) is 7.05 Å². The Balaban J connectivity index is 2.18. The minimum absolute atomic E-state index is 0.0443. The van der Waals surface area contributed by atoms with Crippen LogP contribution < -0.4 is 5.73 Å². The van der Waals surface area contributed by atoms with Gasteiger partial charge in [0, 0.05) is 18.7 Å². The molecular weight excluding hydrogens is 283 g/mol. The third-order valence-electron chi connectivity index (χ3n) is 3.75. The Morgan fingerprint density at radius 2 is 1.89 bits per heavy atom. The lowest BCUT2D eigenvalue weighted by Crippen LogP contribution is -2.38. The molecule has 1 amide bonds. The number of rotatable bonds is 2. The van der Waals surface area contributed by atoms with E-state index in [0.29, 0.717) is 27.3 Å². The number of benzene rings is 1. The zero-order valence-corrected chi connectivity index (χ0v) is 12.5. The second-order valence-corrected chi connectivity index (χ2v) is 5.85. The number of hydrogen-bond acceptors (Lipinski definition) is 2. The van der Waals surface area contributed by atoms with Crippen molar-refractivity contribution in [2.24, 2.45) is 0 Å². The molecule has 0 saturated heterocycles. The third kappa shape index (κ3) is 3.15. The summed E-state index contributed by atoms with van der Waals surface area (Å²) in [6, 6.07) is 3.49. The van der Waals surface area contributed by atoms with Crippen LogP contribution in [0, 0.1) is 0 Å². The van der Waals surface area contributed by atoms with Crippen LogP contribution in [-0.2, 0) is 0 Å². The summed E-state index contributed by atoms with van der Waals surface area (Å²) in [5.41, 5.74) is 6.59. The van der Waals surface area contributed by atoms with Gasteiger partial charge in [-0.3, -0.25) is 4.79 Å². The van der Waals surface area contributed by atoms with Gasteiger partial charge in [0.25, 0.3) is 5.91 Å². The van der Waals surface area contributed by atoms with Crippen LogP contribution >= 0.6 is 23.2 Å². The largest absolute Gasteiger partial charge is 0.397 e. The monoisotopic (exact) mass is 300 g/mol. The van der Waals surface area contributed by atoms with E-state index in [2.05, 4.69) is 0 Å². The number of carbonyl (C=O) groups is 1. The van der Waals surface area contributed by atoms with Gasteiger partial charge in [0.15, 0.2) is 0 Å². The number of hydrogen-bond donors (Lipinski definition) is 1. The molecule has 104 valence electrons. The maximum atomic E-state index is 12.4. The predicted octanol–water partition coefficient (Wildman–Crippen LogP) is 3.98. The van der Waals surface area contributed by atoms with Crippen molar-refractivity contribution in [2.45, 2.75) is 38.1 Å². The number of anilines is 1. The summed E-state index contributed by atoms with van der Waals surface area (Å²) in [5.74, 6) is -0.0443. The van der Waals surface area contributed by atoms with Gasteiger partial charge in [0.05, 0.1) is 15.7 Å². The first-order chi connectivity index (χ1) is 9.00. The van der Waals surface area contributed by atoms with Crippen molar-refractivity contribution in [3.63, 3.8) is 0 Å². The molecule has 0 aromatic heterocycles. The van der Waals surface area contributed by atoms with E-state index >= 15 is 0 Å². The van der Waals surface area contributed by atoms with Crippen molar-refractivity contribution in [1.29, 1.82) is 0 Å². The van der Waals surface area contributed by atoms with Crippen molar-refractivity contribution in [3.05, 3.63) is 27.7 Å². The number of carbonyl (C=O) groups excluding carboxylic acids is 1. The molecule has 19 heavy (non-hydrogen) atoms. The number of nitrogens with two attached hydrogens (primary N) is 1. The number of amides is 1. The minimum Gasteiger partial charge on any atom is -0.397 e. The molecule has 0 bridgehead atoms. The smallest absolute Gasteiger partial charge is 0.253 e. The molecule has 0 spiro atoms. The predicted molar refractivity (Wildman–Crippen MR) is 79.8 cm³/mol. The Hall–Kier alpha value is -0.930. The fourth-order valence-electron chi connectivity index (χ4n) is 2.57. The Kier molecular flexibility index (Phi) is 4.58. The van der Waals surface area contributed by atoms with Gasteiger partial charge in [-0.2, -0.15) is 0 Å². The molecule has 1 aliphatic rings. The lowest BCUT2D eigenvalue weighted by atomic mass is 9.94. The molecule has 1 aromatic rings. The maximum absolute atomic E-state index is 12.4. The minimum atomic E-state index is -0.0443. The molecule has 0 aliphatic heterocycles. The van der Waals surface area contributed by atoms with E-state index < -0.39 is 0 Å². The zero-order chi connectivity index (χ0) is 14.0. The first-order valence-electron chi connectivity index (χ1n) is 6.52. The summed E-state index contributed by atoms with van der Waals surface area (Å²) >= 11 is 11.9. The average molecular weight is 301 g/mol. The first-order valence-corrected chi connectivity index (χ1v) is 7.28. The van der Waals surface area contributed by atoms with Gasteiger partial charge in [-0.15, -0.1) is 0 Å². The SMILES string of the molecule is CN(C(=O)c1cc(N)c(Cl)c(Cl)c1)C1CCCCC1. The highest BCUT2D eigenvalue weighted by Gasteiger charge is 2.23. The Morgan fingerprint density at radius 1 is 1.26 bits per heavy atom. The second kappa shape index (κ2) is 6.02. The van der Waals surface area contributed by atoms with E-state index in [9.17, 15) is 4.79 Å². The first kappa shape index (κ1) is 14.5. The molecule has 0 atom stereocenters. The van der Waals surface area contributed by atoms with Gasteiger partial charge in [-0.05, 0) is 25.0 Å². The average Bonchev–Trinajstić information content (AvgIpc) is 2.43. The van der Waals surface area contributed by atoms with Gasteiger partial charge >= 0.3 is 0 Å². The fraction of sp³-hybridized carbons (Fsp3) is 0.500. The summed E-state index contributed by atoms with van der Waals surface area (Å²) in [6.07, 6.45) is 5.77. The highest BCUT2D eigenvalue weighted by molar-refractivity contribution is 6.43. The molecule has 0 heterocycles. The maximum Gasteiger partial charge on any atom is 0.253 e. The van der Waals surface area contributed by atoms with Crippen LogP contribution in [-0.4, -0.2) is 23.9 Å². The van der Waals surface area contributed by atoms with E-state index in [1.165, 1.54) is 19.3 Å². The molecule has 2 rings (SSSR count). The molecule has 3 nitrogen and oxygen atoms in total. The van der Waals surface area contributed by atoms with E-state index in [1.54, 1.807) is 17.0 Å². The molecule has 1 aliphatic carbocycles. The van der Waals surface area contributed by atoms with Crippen molar-refractivity contribution < 1.29 is 4.79 Å². The molecule has 2 N–H and O–H groups in total. The fourth-order valence-corrected chi connectivity index (χ4v) is 2.91. The number of halogens is 2. The van der Waals surface area contributed by atoms with Crippen molar-refractivity contribution in [2.75, 3.05) is 12.8 Å². The van der Waals surface area contributed by atoms with Gasteiger partial charge in [-0.1, -0.05) is 42.5 Å². The van der Waals surface area contributed by atoms with Crippen molar-refractivity contribution in [1.82, 2.24) is 4.90 Å². The molecule has 1 saturated carbocycles. The molecule has 0 radical (unpaired) electrons. The summed E-state index contributed by atoms with van der Waals surface area (Å²) in [6.45, 7) is 0. The molecule has 1 aromatic carbocycles. The summed E-state index contributed by atoms with van der Waals surface area (Å²) < 4.78 is 0. The van der Waals surface area contributed by atoms with Crippen LogP contribution in [0.1, 0.15) is 42.5 Å². The molecule has 0 unspecified atom stereocenters. The quantitative estimate of drug-likeness (QED) is 0.840. The van der Waals surface area contributed by atoms with Gasteiger partial charge in [0.2, 0.25) is 0 Å². The lowest BCUT2D eigenvalue weighted by molar-refractivity contribution is 0.0696. The number of nitrogen functional groups attached to an aromatic ring is 1. The molecule has 1 fully saturated rings. The van der Waals surface area contributed by atoms with E-state index in [0.717, 1.165) is 12.8 Å². The van der Waals surface area contributed by atoms with Gasteiger partial charge in [-0.25, -0.2) is 0 Å². The van der Waals surface area contributed by atoms with Gasteiger partial charge in [0.1, 0.15) is 0 Å². The Bertz CT molecular complexity index is 461. The summed E-state index contributed by atoms with van der Waals surface area (Å²) in [7, 11) is 1.84. The Labute approximate surface area is 123 Å². The molecule has 5 heteroatoms. The Morgan fingerprint density at radius 3 is 2.47 bits per heavy atom. The van der Waals surface area contributed by atoms with Crippen molar-refractivity contribution >= 4 is 34.8 Å². The zero-order valence-electron chi connectivity index (χ0n) is 11.0. The topological polar surface area (TPSA) is 46.3 Å². The highest BCUT2D eigenvalue weighted by atomic mass is 35.5. The van der Waals surface area contributed by atoms with Crippen LogP contribution in [0.15, 0.2) is 12.1 Å².